The number of guanidine groups is 1. The van der Waals surface area contributed by atoms with Crippen LogP contribution in [0.5, 0.6) is 5.75 Å². The predicted octanol–water partition coefficient (Wildman–Crippen LogP) is 2.40. The van der Waals surface area contributed by atoms with Crippen LogP contribution in [0, 0.1) is 0 Å². The molecule has 0 saturated carbocycles. The van der Waals surface area contributed by atoms with Crippen molar-refractivity contribution in [3.05, 3.63) is 24.3 Å². The van der Waals surface area contributed by atoms with Crippen molar-refractivity contribution >= 4 is 17.6 Å². The highest BCUT2D eigenvalue weighted by Crippen LogP contribution is 2.16. The average Bonchev–Trinajstić information content (AvgIpc) is 2.61. The number of unbranched alkanes of at least 4 members (excludes halogenated alkanes) is 1. The zero-order valence-electron chi connectivity index (χ0n) is 16.1. The summed E-state index contributed by atoms with van der Waals surface area (Å²) in [6, 6.07) is 7.35. The number of ether oxygens (including phenoxy) is 2. The Labute approximate surface area is 156 Å². The first-order valence-electron chi connectivity index (χ1n) is 9.26. The predicted molar refractivity (Wildman–Crippen MR) is 106 cm³/mol. The van der Waals surface area contributed by atoms with E-state index < -0.39 is 0 Å². The Morgan fingerprint density at radius 2 is 2.00 bits per heavy atom. The third-order valence-corrected chi connectivity index (χ3v) is 3.33. The average molecular weight is 364 g/mol. The molecule has 7 nitrogen and oxygen atoms in total. The normalized spacial score (nSPS) is 11.1. The Balaban J connectivity index is 2.30. The molecular weight excluding hydrogens is 332 g/mol. The highest BCUT2D eigenvalue weighted by Gasteiger charge is 2.00. The smallest absolute Gasteiger partial charge is 0.221 e. The van der Waals surface area contributed by atoms with Crippen molar-refractivity contribution in [3.63, 3.8) is 0 Å². The van der Waals surface area contributed by atoms with Crippen molar-refractivity contribution in [1.29, 1.82) is 0 Å². The molecule has 0 aliphatic carbocycles. The fraction of sp³-hybridized carbons (Fsp3) is 0.579. The minimum atomic E-state index is -0.100. The number of nitrogens with one attached hydrogen (secondary N) is 3. The quantitative estimate of drug-likeness (QED) is 0.301. The van der Waals surface area contributed by atoms with Gasteiger partial charge >= 0.3 is 0 Å². The first kappa shape index (κ1) is 21.8. The molecule has 0 unspecified atom stereocenters. The van der Waals surface area contributed by atoms with Crippen LogP contribution in [0.25, 0.3) is 0 Å². The minimum absolute atomic E-state index is 0.100. The summed E-state index contributed by atoms with van der Waals surface area (Å²) in [6.07, 6.45) is 2.02. The lowest BCUT2D eigenvalue weighted by atomic mass is 10.3. The fourth-order valence-electron chi connectivity index (χ4n) is 2.20. The zero-order valence-corrected chi connectivity index (χ0v) is 16.1. The van der Waals surface area contributed by atoms with E-state index in [0.29, 0.717) is 13.2 Å². The number of nitrogens with zero attached hydrogens (tertiary/aromatic N) is 1. The number of amides is 1. The van der Waals surface area contributed by atoms with Gasteiger partial charge in [0.2, 0.25) is 5.91 Å². The Morgan fingerprint density at radius 1 is 1.15 bits per heavy atom. The molecule has 3 N–H and O–H groups in total. The number of benzene rings is 1. The molecule has 0 fully saturated rings. The van der Waals surface area contributed by atoms with E-state index in [2.05, 4.69) is 20.9 Å². The maximum atomic E-state index is 11.1. The second-order valence-electron chi connectivity index (χ2n) is 5.65. The van der Waals surface area contributed by atoms with Crippen LogP contribution in [0.4, 0.5) is 5.69 Å². The topological polar surface area (TPSA) is 84.0 Å². The van der Waals surface area contributed by atoms with Crippen LogP contribution >= 0.6 is 0 Å². The summed E-state index contributed by atoms with van der Waals surface area (Å²) < 4.78 is 11.0. The van der Waals surface area contributed by atoms with Crippen LogP contribution in [0.3, 0.4) is 0 Å². The number of hydrogen-bond acceptors (Lipinski definition) is 4. The Hall–Kier alpha value is -2.28. The summed E-state index contributed by atoms with van der Waals surface area (Å²) in [5, 5.41) is 9.21. The van der Waals surface area contributed by atoms with E-state index in [0.717, 1.165) is 56.5 Å². The second kappa shape index (κ2) is 13.9. The molecule has 1 aromatic rings. The van der Waals surface area contributed by atoms with E-state index >= 15 is 0 Å². The molecule has 7 heteroatoms. The van der Waals surface area contributed by atoms with Crippen molar-refractivity contribution in [1.82, 2.24) is 10.6 Å². The van der Waals surface area contributed by atoms with Crippen LogP contribution in [0.15, 0.2) is 29.3 Å². The molecule has 0 atom stereocenters. The lowest BCUT2D eigenvalue weighted by Crippen LogP contribution is -2.39. The lowest BCUT2D eigenvalue weighted by molar-refractivity contribution is -0.114. The highest BCUT2D eigenvalue weighted by atomic mass is 16.5. The lowest BCUT2D eigenvalue weighted by Gasteiger charge is -2.12. The molecule has 146 valence electrons. The van der Waals surface area contributed by atoms with Gasteiger partial charge in [-0.15, -0.1) is 0 Å². The maximum absolute atomic E-state index is 11.1. The molecular formula is C19H32N4O3. The highest BCUT2D eigenvalue weighted by molar-refractivity contribution is 5.88. The molecule has 26 heavy (non-hydrogen) atoms. The van der Waals surface area contributed by atoms with E-state index in [1.165, 1.54) is 6.92 Å². The van der Waals surface area contributed by atoms with Crippen molar-refractivity contribution in [2.45, 2.75) is 33.6 Å². The molecule has 1 aromatic carbocycles. The van der Waals surface area contributed by atoms with Gasteiger partial charge in [0.25, 0.3) is 0 Å². The van der Waals surface area contributed by atoms with Crippen molar-refractivity contribution in [3.8, 4) is 5.75 Å². The Bertz CT molecular complexity index is 549. The van der Waals surface area contributed by atoms with Crippen LogP contribution < -0.4 is 20.7 Å². The van der Waals surface area contributed by atoms with Gasteiger partial charge < -0.3 is 25.4 Å². The maximum Gasteiger partial charge on any atom is 0.221 e. The Morgan fingerprint density at radius 3 is 2.73 bits per heavy atom. The van der Waals surface area contributed by atoms with E-state index in [1.54, 1.807) is 6.07 Å². The summed E-state index contributed by atoms with van der Waals surface area (Å²) in [6.45, 7) is 9.79. The first-order valence-corrected chi connectivity index (χ1v) is 9.26. The van der Waals surface area contributed by atoms with Crippen molar-refractivity contribution in [2.24, 2.45) is 4.99 Å². The number of hydrogen-bond donors (Lipinski definition) is 3. The third-order valence-electron chi connectivity index (χ3n) is 3.33. The van der Waals surface area contributed by atoms with Gasteiger partial charge in [-0.3, -0.25) is 9.79 Å². The number of rotatable bonds is 12. The van der Waals surface area contributed by atoms with Crippen LogP contribution in [0.2, 0.25) is 0 Å². The molecule has 1 amide bonds. The van der Waals surface area contributed by atoms with E-state index in [1.807, 2.05) is 32.0 Å². The molecule has 0 bridgehead atoms. The first-order chi connectivity index (χ1) is 12.7. The summed E-state index contributed by atoms with van der Waals surface area (Å²) in [4.78, 5) is 15.6. The molecule has 0 aliphatic heterocycles. The van der Waals surface area contributed by atoms with Crippen LogP contribution in [0.1, 0.15) is 33.6 Å². The summed E-state index contributed by atoms with van der Waals surface area (Å²) in [5.41, 5.74) is 0.727. The molecule has 0 aromatic heterocycles. The molecule has 0 spiro atoms. The van der Waals surface area contributed by atoms with Gasteiger partial charge in [0.05, 0.1) is 6.54 Å². The van der Waals surface area contributed by atoms with Gasteiger partial charge in [-0.05, 0) is 38.8 Å². The van der Waals surface area contributed by atoms with Crippen molar-refractivity contribution < 1.29 is 14.3 Å². The van der Waals surface area contributed by atoms with E-state index in [-0.39, 0.29) is 5.91 Å². The van der Waals surface area contributed by atoms with Crippen LogP contribution in [-0.4, -0.2) is 51.3 Å². The molecule has 0 radical (unpaired) electrons. The molecule has 1 rings (SSSR count). The summed E-state index contributed by atoms with van der Waals surface area (Å²) >= 11 is 0. The van der Waals surface area contributed by atoms with E-state index in [4.69, 9.17) is 9.47 Å². The zero-order chi connectivity index (χ0) is 19.0. The summed E-state index contributed by atoms with van der Waals surface area (Å²) in [5.74, 6) is 1.41. The summed E-state index contributed by atoms with van der Waals surface area (Å²) in [7, 11) is 0. The third kappa shape index (κ3) is 10.6. The standard InChI is InChI=1S/C19H32N4O3/c1-4-20-19(21-11-6-7-13-25-5-2)22-12-14-26-18-10-8-9-17(15-18)23-16(3)24/h8-10,15H,4-7,11-14H2,1-3H3,(H,23,24)(H2,20,21,22). The van der Waals surface area contributed by atoms with E-state index in [9.17, 15) is 4.79 Å². The largest absolute Gasteiger partial charge is 0.492 e. The number of aliphatic imine (C=N–C) groups is 1. The van der Waals surface area contributed by atoms with Gasteiger partial charge in [-0.2, -0.15) is 0 Å². The number of carbonyl (C=O) groups excluding carboxylic acids is 1. The number of anilines is 1. The molecule has 0 aliphatic rings. The van der Waals surface area contributed by atoms with Crippen molar-refractivity contribution in [2.75, 3.05) is 44.8 Å². The van der Waals surface area contributed by atoms with Crippen LogP contribution in [-0.2, 0) is 9.53 Å². The SMILES string of the molecule is CCNC(=NCCCCOCC)NCCOc1cccc(NC(C)=O)c1. The molecule has 0 saturated heterocycles. The van der Waals surface area contributed by atoms with Gasteiger partial charge in [0.1, 0.15) is 12.4 Å². The Kier molecular flexibility index (Phi) is 11.7. The van der Waals surface area contributed by atoms with Gasteiger partial charge in [0, 0.05) is 45.0 Å². The van der Waals surface area contributed by atoms with Gasteiger partial charge in [0.15, 0.2) is 5.96 Å². The van der Waals surface area contributed by atoms with Gasteiger partial charge in [-0.1, -0.05) is 6.07 Å². The monoisotopic (exact) mass is 364 g/mol. The fourth-order valence-corrected chi connectivity index (χ4v) is 2.20. The molecule has 0 heterocycles. The second-order valence-corrected chi connectivity index (χ2v) is 5.65. The minimum Gasteiger partial charge on any atom is -0.492 e. The number of carbonyl (C=O) groups is 1. The van der Waals surface area contributed by atoms with Gasteiger partial charge in [-0.25, -0.2) is 0 Å².